The standard InChI is InChI=1S/C9H10F2OS/c1-2-3-12-9-7(10)4-6(13)5-8(9)11/h4-5,13H,2-3H2,1H3. The van der Waals surface area contributed by atoms with Crippen molar-refractivity contribution < 1.29 is 13.5 Å². The van der Waals surface area contributed by atoms with Crippen LogP contribution in [0.15, 0.2) is 17.0 Å². The summed E-state index contributed by atoms with van der Waals surface area (Å²) >= 11 is 3.83. The number of hydrogen-bond donors (Lipinski definition) is 1. The molecule has 0 unspecified atom stereocenters. The SMILES string of the molecule is CCCOc1c(F)cc(S)cc1F. The van der Waals surface area contributed by atoms with E-state index in [1.54, 1.807) is 0 Å². The van der Waals surface area contributed by atoms with Gasteiger partial charge in [-0.3, -0.25) is 0 Å². The van der Waals surface area contributed by atoms with Crippen molar-refractivity contribution in [3.63, 3.8) is 0 Å². The number of hydrogen-bond acceptors (Lipinski definition) is 2. The van der Waals surface area contributed by atoms with Gasteiger partial charge in [-0.25, -0.2) is 8.78 Å². The number of halogens is 2. The summed E-state index contributed by atoms with van der Waals surface area (Å²) in [7, 11) is 0. The molecule has 13 heavy (non-hydrogen) atoms. The van der Waals surface area contributed by atoms with Gasteiger partial charge in [0.05, 0.1) is 6.61 Å². The normalized spacial score (nSPS) is 10.2. The second-order valence-corrected chi connectivity index (χ2v) is 3.10. The van der Waals surface area contributed by atoms with Crippen LogP contribution >= 0.6 is 12.6 Å². The zero-order valence-electron chi connectivity index (χ0n) is 7.18. The molecule has 0 saturated carbocycles. The average molecular weight is 204 g/mol. The molecule has 0 spiro atoms. The molecule has 72 valence electrons. The van der Waals surface area contributed by atoms with E-state index in [4.69, 9.17) is 4.74 Å². The first-order chi connectivity index (χ1) is 6.15. The highest BCUT2D eigenvalue weighted by molar-refractivity contribution is 7.80. The molecule has 0 N–H and O–H groups in total. The zero-order chi connectivity index (χ0) is 9.84. The van der Waals surface area contributed by atoms with Crippen LogP contribution in [-0.2, 0) is 0 Å². The summed E-state index contributed by atoms with van der Waals surface area (Å²) in [4.78, 5) is 0.249. The van der Waals surface area contributed by atoms with Gasteiger partial charge in [0.25, 0.3) is 0 Å². The molecular formula is C9H10F2OS. The van der Waals surface area contributed by atoms with Gasteiger partial charge < -0.3 is 4.74 Å². The lowest BCUT2D eigenvalue weighted by molar-refractivity contribution is 0.284. The highest BCUT2D eigenvalue weighted by Crippen LogP contribution is 2.24. The van der Waals surface area contributed by atoms with Gasteiger partial charge in [-0.15, -0.1) is 12.6 Å². The van der Waals surface area contributed by atoms with Crippen LogP contribution in [-0.4, -0.2) is 6.61 Å². The first-order valence-corrected chi connectivity index (χ1v) is 4.40. The van der Waals surface area contributed by atoms with E-state index in [2.05, 4.69) is 12.6 Å². The quantitative estimate of drug-likeness (QED) is 0.744. The number of thiol groups is 1. The lowest BCUT2D eigenvalue weighted by Crippen LogP contribution is -2.00. The van der Waals surface area contributed by atoms with E-state index < -0.39 is 11.6 Å². The van der Waals surface area contributed by atoms with Crippen LogP contribution in [0.25, 0.3) is 0 Å². The molecule has 0 aromatic heterocycles. The smallest absolute Gasteiger partial charge is 0.190 e. The Balaban J connectivity index is 2.92. The maximum atomic E-state index is 13.0. The Morgan fingerprint density at radius 2 is 1.85 bits per heavy atom. The van der Waals surface area contributed by atoms with Crippen molar-refractivity contribution in [3.05, 3.63) is 23.8 Å². The zero-order valence-corrected chi connectivity index (χ0v) is 8.07. The van der Waals surface area contributed by atoms with Gasteiger partial charge in [0.15, 0.2) is 17.4 Å². The maximum Gasteiger partial charge on any atom is 0.190 e. The summed E-state index contributed by atoms with van der Waals surface area (Å²) in [6.45, 7) is 2.17. The van der Waals surface area contributed by atoms with Crippen molar-refractivity contribution in [3.8, 4) is 5.75 Å². The summed E-state index contributed by atoms with van der Waals surface area (Å²) in [5.41, 5.74) is 0. The highest BCUT2D eigenvalue weighted by Gasteiger charge is 2.10. The molecule has 0 aliphatic heterocycles. The minimum Gasteiger partial charge on any atom is -0.488 e. The van der Waals surface area contributed by atoms with Crippen LogP contribution in [0.2, 0.25) is 0 Å². The molecule has 0 aliphatic carbocycles. The van der Waals surface area contributed by atoms with Gasteiger partial charge in [-0.2, -0.15) is 0 Å². The molecule has 0 radical (unpaired) electrons. The Bertz CT molecular complexity index is 279. The van der Waals surface area contributed by atoms with Crippen molar-refractivity contribution >= 4 is 12.6 Å². The summed E-state index contributed by atoms with van der Waals surface area (Å²) < 4.78 is 30.9. The summed E-state index contributed by atoms with van der Waals surface area (Å²) in [5, 5.41) is 0. The third kappa shape index (κ3) is 2.59. The molecule has 4 heteroatoms. The Morgan fingerprint density at radius 1 is 1.31 bits per heavy atom. The van der Waals surface area contributed by atoms with Gasteiger partial charge in [-0.05, 0) is 18.6 Å². The van der Waals surface area contributed by atoms with Crippen LogP contribution < -0.4 is 4.74 Å². The molecule has 0 fully saturated rings. The largest absolute Gasteiger partial charge is 0.488 e. The third-order valence-electron chi connectivity index (χ3n) is 1.43. The topological polar surface area (TPSA) is 9.23 Å². The lowest BCUT2D eigenvalue weighted by atomic mass is 10.3. The van der Waals surface area contributed by atoms with Gasteiger partial charge in [0, 0.05) is 4.90 Å². The van der Waals surface area contributed by atoms with Crippen LogP contribution in [0.4, 0.5) is 8.78 Å². The second-order valence-electron chi connectivity index (χ2n) is 2.59. The van der Waals surface area contributed by atoms with Crippen molar-refractivity contribution in [2.75, 3.05) is 6.61 Å². The van der Waals surface area contributed by atoms with E-state index in [1.165, 1.54) is 0 Å². The predicted molar refractivity (Wildman–Crippen MR) is 49.4 cm³/mol. The molecule has 1 aromatic rings. The third-order valence-corrected chi connectivity index (χ3v) is 1.69. The number of benzene rings is 1. The first kappa shape index (κ1) is 10.3. The van der Waals surface area contributed by atoms with Crippen LogP contribution in [0.3, 0.4) is 0 Å². The first-order valence-electron chi connectivity index (χ1n) is 3.96. The Labute approximate surface area is 81.1 Å². The molecule has 1 aromatic carbocycles. The Hall–Kier alpha value is -0.770. The minimum atomic E-state index is -0.710. The molecular weight excluding hydrogens is 194 g/mol. The van der Waals surface area contributed by atoms with Crippen molar-refractivity contribution in [1.82, 2.24) is 0 Å². The van der Waals surface area contributed by atoms with E-state index in [0.29, 0.717) is 13.0 Å². The van der Waals surface area contributed by atoms with E-state index >= 15 is 0 Å². The molecule has 0 saturated heterocycles. The van der Waals surface area contributed by atoms with Gasteiger partial charge in [-0.1, -0.05) is 6.92 Å². The van der Waals surface area contributed by atoms with Crippen LogP contribution in [0.1, 0.15) is 13.3 Å². The molecule has 0 amide bonds. The number of ether oxygens (including phenoxy) is 1. The fourth-order valence-electron chi connectivity index (χ4n) is 0.889. The summed E-state index contributed by atoms with van der Waals surface area (Å²) in [6, 6.07) is 2.24. The van der Waals surface area contributed by atoms with Gasteiger partial charge in [0.1, 0.15) is 0 Å². The minimum absolute atomic E-state index is 0.249. The van der Waals surface area contributed by atoms with Crippen LogP contribution in [0, 0.1) is 11.6 Å². The Morgan fingerprint density at radius 3 is 2.31 bits per heavy atom. The highest BCUT2D eigenvalue weighted by atomic mass is 32.1. The second kappa shape index (κ2) is 4.46. The van der Waals surface area contributed by atoms with Gasteiger partial charge >= 0.3 is 0 Å². The number of rotatable bonds is 3. The molecule has 0 atom stereocenters. The molecule has 1 rings (SSSR count). The maximum absolute atomic E-state index is 13.0. The molecule has 0 heterocycles. The molecule has 0 aliphatic rings. The van der Waals surface area contributed by atoms with Crippen molar-refractivity contribution in [1.29, 1.82) is 0 Å². The predicted octanol–water partition coefficient (Wildman–Crippen LogP) is 3.04. The van der Waals surface area contributed by atoms with Crippen LogP contribution in [0.5, 0.6) is 5.75 Å². The van der Waals surface area contributed by atoms with Crippen molar-refractivity contribution in [2.24, 2.45) is 0 Å². The summed E-state index contributed by atoms with van der Waals surface area (Å²) in [5.74, 6) is -1.74. The Kier molecular flexibility index (Phi) is 3.54. The monoisotopic (exact) mass is 204 g/mol. The van der Waals surface area contributed by atoms with Gasteiger partial charge in [0.2, 0.25) is 0 Å². The summed E-state index contributed by atoms with van der Waals surface area (Å²) in [6.07, 6.45) is 0.710. The van der Waals surface area contributed by atoms with E-state index in [0.717, 1.165) is 12.1 Å². The van der Waals surface area contributed by atoms with E-state index in [9.17, 15) is 8.78 Å². The van der Waals surface area contributed by atoms with E-state index in [-0.39, 0.29) is 10.6 Å². The molecule has 1 nitrogen and oxygen atoms in total. The van der Waals surface area contributed by atoms with Crippen molar-refractivity contribution in [2.45, 2.75) is 18.2 Å². The fraction of sp³-hybridized carbons (Fsp3) is 0.333. The lowest BCUT2D eigenvalue weighted by Gasteiger charge is -2.07. The fourth-order valence-corrected chi connectivity index (χ4v) is 1.12. The molecule has 0 bridgehead atoms. The average Bonchev–Trinajstić information content (AvgIpc) is 2.02. The van der Waals surface area contributed by atoms with E-state index in [1.807, 2.05) is 6.92 Å².